The van der Waals surface area contributed by atoms with Gasteiger partial charge >= 0.3 is 11.9 Å². The van der Waals surface area contributed by atoms with Gasteiger partial charge in [-0.2, -0.15) is 0 Å². The zero-order valence-electron chi connectivity index (χ0n) is 13.6. The highest BCUT2D eigenvalue weighted by Crippen LogP contribution is 2.40. The summed E-state index contributed by atoms with van der Waals surface area (Å²) in [7, 11) is 2.80. The minimum atomic E-state index is -1.05. The zero-order chi connectivity index (χ0) is 16.8. The van der Waals surface area contributed by atoms with Crippen molar-refractivity contribution < 1.29 is 28.6 Å². The fraction of sp³-hybridized carbons (Fsp3) is 0.688. The van der Waals surface area contributed by atoms with E-state index in [-0.39, 0.29) is 31.2 Å². The summed E-state index contributed by atoms with van der Waals surface area (Å²) in [5.74, 6) is -2.10. The Hall–Kier alpha value is -1.69. The molecule has 6 heteroatoms. The Bertz CT molecular complexity index is 467. The second kappa shape index (κ2) is 8.08. The third kappa shape index (κ3) is 3.74. The molecule has 0 spiro atoms. The van der Waals surface area contributed by atoms with Crippen LogP contribution in [-0.2, 0) is 28.6 Å². The van der Waals surface area contributed by atoms with E-state index in [4.69, 9.17) is 9.47 Å². The molecule has 0 N–H and O–H groups in total. The molecule has 0 fully saturated rings. The number of ketones is 1. The van der Waals surface area contributed by atoms with Crippen LogP contribution < -0.4 is 0 Å². The van der Waals surface area contributed by atoms with Gasteiger partial charge in [-0.25, -0.2) is 0 Å². The van der Waals surface area contributed by atoms with Gasteiger partial charge in [0.2, 0.25) is 0 Å². The van der Waals surface area contributed by atoms with Crippen LogP contribution in [0.4, 0.5) is 0 Å². The zero-order valence-corrected chi connectivity index (χ0v) is 13.6. The summed E-state index contributed by atoms with van der Waals surface area (Å²) >= 11 is 0. The number of rotatable bonds is 7. The quantitative estimate of drug-likeness (QED) is 0.405. The summed E-state index contributed by atoms with van der Waals surface area (Å²) in [6.45, 7) is 3.73. The van der Waals surface area contributed by atoms with Crippen molar-refractivity contribution in [1.29, 1.82) is 0 Å². The normalized spacial score (nSPS) is 24.6. The Morgan fingerprint density at radius 2 is 2.05 bits per heavy atom. The van der Waals surface area contributed by atoms with E-state index in [1.807, 2.05) is 6.92 Å². The highest BCUT2D eigenvalue weighted by Gasteiger charge is 2.51. The monoisotopic (exact) mass is 312 g/mol. The van der Waals surface area contributed by atoms with Gasteiger partial charge in [0, 0.05) is 20.0 Å². The van der Waals surface area contributed by atoms with Gasteiger partial charge in [-0.1, -0.05) is 6.08 Å². The van der Waals surface area contributed by atoms with E-state index >= 15 is 0 Å². The van der Waals surface area contributed by atoms with Crippen molar-refractivity contribution >= 4 is 17.7 Å². The number of methoxy groups -OCH3 is 2. The van der Waals surface area contributed by atoms with Gasteiger partial charge in [-0.05, 0) is 32.3 Å². The summed E-state index contributed by atoms with van der Waals surface area (Å²) in [5, 5.41) is 0. The molecule has 0 aromatic rings. The second-order valence-electron chi connectivity index (χ2n) is 5.27. The molecule has 0 amide bonds. The van der Waals surface area contributed by atoms with Gasteiger partial charge in [0.25, 0.3) is 0 Å². The first kappa shape index (κ1) is 18.4. The average molecular weight is 312 g/mol. The van der Waals surface area contributed by atoms with Crippen molar-refractivity contribution in [3.63, 3.8) is 0 Å². The first-order valence-corrected chi connectivity index (χ1v) is 7.41. The van der Waals surface area contributed by atoms with Crippen LogP contribution >= 0.6 is 0 Å². The van der Waals surface area contributed by atoms with E-state index in [1.54, 1.807) is 13.0 Å². The van der Waals surface area contributed by atoms with Crippen LogP contribution in [0.1, 0.15) is 39.5 Å². The Morgan fingerprint density at radius 3 is 2.59 bits per heavy atom. The summed E-state index contributed by atoms with van der Waals surface area (Å²) < 4.78 is 15.3. The Kier molecular flexibility index (Phi) is 6.74. The number of carbonyl (C=O) groups excluding carboxylic acids is 3. The molecular weight excluding hydrogens is 288 g/mol. The van der Waals surface area contributed by atoms with Crippen LogP contribution in [0, 0.1) is 5.92 Å². The summed E-state index contributed by atoms with van der Waals surface area (Å²) in [4.78, 5) is 35.8. The number of esters is 2. The third-order valence-corrected chi connectivity index (χ3v) is 4.11. The van der Waals surface area contributed by atoms with Crippen LogP contribution in [0.5, 0.6) is 0 Å². The largest absolute Gasteiger partial charge is 0.469 e. The summed E-state index contributed by atoms with van der Waals surface area (Å²) in [6, 6.07) is 0. The summed E-state index contributed by atoms with van der Waals surface area (Å²) in [5.41, 5.74) is -0.229. The molecule has 2 unspecified atom stereocenters. The molecule has 1 aliphatic carbocycles. The lowest BCUT2D eigenvalue weighted by atomic mass is 9.71. The predicted octanol–water partition coefficient (Wildman–Crippen LogP) is 1.81. The molecule has 1 aliphatic rings. The maximum Gasteiger partial charge on any atom is 0.319 e. The van der Waals surface area contributed by atoms with Crippen LogP contribution in [0.25, 0.3) is 0 Å². The van der Waals surface area contributed by atoms with Crippen molar-refractivity contribution in [1.82, 2.24) is 0 Å². The molecule has 0 heterocycles. The van der Waals surface area contributed by atoms with Gasteiger partial charge in [0.15, 0.2) is 5.78 Å². The van der Waals surface area contributed by atoms with Gasteiger partial charge in [0.1, 0.15) is 11.5 Å². The molecule has 6 nitrogen and oxygen atoms in total. The molecule has 0 aromatic carbocycles. The second-order valence-corrected chi connectivity index (χ2v) is 5.27. The molecule has 2 atom stereocenters. The SMILES string of the molecule is CCOC(=O)C1C(=O)CC=C(C)C1(CCCC(=O)OC)OC. The van der Waals surface area contributed by atoms with Crippen LogP contribution in [0.15, 0.2) is 11.6 Å². The fourth-order valence-corrected chi connectivity index (χ4v) is 2.90. The third-order valence-electron chi connectivity index (χ3n) is 4.11. The molecule has 1 rings (SSSR count). The molecule has 0 aliphatic heterocycles. The fourth-order valence-electron chi connectivity index (χ4n) is 2.90. The van der Waals surface area contributed by atoms with Crippen molar-refractivity contribution in [3.05, 3.63) is 11.6 Å². The Labute approximate surface area is 130 Å². The lowest BCUT2D eigenvalue weighted by molar-refractivity contribution is -0.164. The number of carbonyl (C=O) groups is 3. The van der Waals surface area contributed by atoms with E-state index in [0.717, 1.165) is 5.57 Å². The van der Waals surface area contributed by atoms with E-state index in [9.17, 15) is 14.4 Å². The lowest BCUT2D eigenvalue weighted by Crippen LogP contribution is -2.51. The minimum Gasteiger partial charge on any atom is -0.469 e. The standard InChI is InChI=1S/C16H24O6/c1-5-22-15(19)14-12(17)9-8-11(2)16(14,21-4)10-6-7-13(18)20-3/h8,14H,5-7,9-10H2,1-4H3. The van der Waals surface area contributed by atoms with Gasteiger partial charge < -0.3 is 14.2 Å². The number of Topliss-reactive ketones (excluding diaryl/α,β-unsaturated/α-hetero) is 1. The Balaban J connectivity index is 3.03. The molecule has 0 saturated heterocycles. The van der Waals surface area contributed by atoms with Crippen LogP contribution in [-0.4, -0.2) is 44.1 Å². The van der Waals surface area contributed by atoms with Crippen molar-refractivity contribution in [2.75, 3.05) is 20.8 Å². The molecule has 22 heavy (non-hydrogen) atoms. The molecule has 124 valence electrons. The maximum atomic E-state index is 12.3. The molecule has 0 saturated carbocycles. The molecule has 0 aromatic heterocycles. The van der Waals surface area contributed by atoms with E-state index in [2.05, 4.69) is 4.74 Å². The van der Waals surface area contributed by atoms with Gasteiger partial charge in [-0.3, -0.25) is 14.4 Å². The first-order chi connectivity index (χ1) is 10.4. The predicted molar refractivity (Wildman–Crippen MR) is 79.1 cm³/mol. The van der Waals surface area contributed by atoms with E-state index in [1.165, 1.54) is 14.2 Å². The maximum absolute atomic E-state index is 12.3. The number of allylic oxidation sites excluding steroid dienone is 1. The highest BCUT2D eigenvalue weighted by atomic mass is 16.5. The molecule has 0 bridgehead atoms. The van der Waals surface area contributed by atoms with Crippen molar-refractivity contribution in [2.45, 2.75) is 45.1 Å². The Morgan fingerprint density at radius 1 is 1.36 bits per heavy atom. The van der Waals surface area contributed by atoms with E-state index in [0.29, 0.717) is 12.8 Å². The molecular formula is C16H24O6. The first-order valence-electron chi connectivity index (χ1n) is 7.41. The van der Waals surface area contributed by atoms with Gasteiger partial charge in [0.05, 0.1) is 13.7 Å². The number of ether oxygens (including phenoxy) is 3. The lowest BCUT2D eigenvalue weighted by Gasteiger charge is -2.41. The topological polar surface area (TPSA) is 78.9 Å². The van der Waals surface area contributed by atoms with Crippen LogP contribution in [0.3, 0.4) is 0 Å². The van der Waals surface area contributed by atoms with Gasteiger partial charge in [-0.15, -0.1) is 0 Å². The molecule has 0 radical (unpaired) electrons. The summed E-state index contributed by atoms with van der Waals surface area (Å²) in [6.07, 6.45) is 3.00. The number of hydrogen-bond donors (Lipinski definition) is 0. The highest BCUT2D eigenvalue weighted by molar-refractivity contribution is 6.02. The van der Waals surface area contributed by atoms with Crippen molar-refractivity contribution in [2.24, 2.45) is 5.92 Å². The smallest absolute Gasteiger partial charge is 0.319 e. The van der Waals surface area contributed by atoms with Crippen LogP contribution in [0.2, 0.25) is 0 Å². The number of hydrogen-bond acceptors (Lipinski definition) is 6. The minimum absolute atomic E-state index is 0.192. The average Bonchev–Trinajstić information content (AvgIpc) is 2.50. The van der Waals surface area contributed by atoms with Crippen molar-refractivity contribution in [3.8, 4) is 0 Å². The van der Waals surface area contributed by atoms with E-state index < -0.39 is 17.5 Å².